The lowest BCUT2D eigenvalue weighted by Crippen LogP contribution is -2.43. The van der Waals surface area contributed by atoms with Crippen LogP contribution in [0.1, 0.15) is 57.4 Å². The van der Waals surface area contributed by atoms with Crippen molar-refractivity contribution in [3.05, 3.63) is 29.6 Å². The van der Waals surface area contributed by atoms with Gasteiger partial charge in [0, 0.05) is 6.04 Å². The second-order valence-corrected chi connectivity index (χ2v) is 6.77. The summed E-state index contributed by atoms with van der Waals surface area (Å²) in [5.41, 5.74) is 0.791. The molecule has 1 aliphatic carbocycles. The molecule has 24 heavy (non-hydrogen) atoms. The third-order valence-corrected chi connectivity index (χ3v) is 4.73. The molecule has 0 spiro atoms. The number of benzene rings is 1. The van der Waals surface area contributed by atoms with Crippen molar-refractivity contribution in [3.8, 4) is 0 Å². The number of aryl methyl sites for hydroxylation is 1. The summed E-state index contributed by atoms with van der Waals surface area (Å²) in [7, 11) is 0. The second-order valence-electron chi connectivity index (χ2n) is 6.77. The molecule has 1 fully saturated rings. The van der Waals surface area contributed by atoms with E-state index in [2.05, 4.69) is 17.6 Å². The fraction of sp³-hybridized carbons (Fsp3) is 0.579. The van der Waals surface area contributed by atoms with Crippen LogP contribution in [-0.2, 0) is 9.59 Å². The first-order chi connectivity index (χ1) is 11.5. The van der Waals surface area contributed by atoms with Gasteiger partial charge in [0.15, 0.2) is 0 Å². The SMILES string of the molecule is CCCCC1CCC(NC(=O)C(=O)Nc2ccc(C)cc2F)CC1. The molecule has 5 heteroatoms. The number of amides is 2. The molecule has 4 nitrogen and oxygen atoms in total. The van der Waals surface area contributed by atoms with Crippen LogP contribution in [0, 0.1) is 18.7 Å². The van der Waals surface area contributed by atoms with Crippen molar-refractivity contribution in [2.45, 2.75) is 64.8 Å². The van der Waals surface area contributed by atoms with Gasteiger partial charge in [-0.15, -0.1) is 0 Å². The molecular weight excluding hydrogens is 307 g/mol. The molecule has 2 amide bonds. The van der Waals surface area contributed by atoms with Gasteiger partial charge in [0.2, 0.25) is 0 Å². The zero-order chi connectivity index (χ0) is 17.5. The minimum atomic E-state index is -0.814. The van der Waals surface area contributed by atoms with Gasteiger partial charge in [0.1, 0.15) is 5.82 Å². The molecule has 2 N–H and O–H groups in total. The maximum atomic E-state index is 13.7. The Kier molecular flexibility index (Phi) is 6.76. The van der Waals surface area contributed by atoms with Crippen molar-refractivity contribution in [1.29, 1.82) is 0 Å². The van der Waals surface area contributed by atoms with E-state index in [-0.39, 0.29) is 11.7 Å². The molecule has 0 bridgehead atoms. The zero-order valence-corrected chi connectivity index (χ0v) is 14.5. The highest BCUT2D eigenvalue weighted by atomic mass is 19.1. The summed E-state index contributed by atoms with van der Waals surface area (Å²) >= 11 is 0. The number of carbonyl (C=O) groups is 2. The minimum absolute atomic E-state index is 0.0315. The molecule has 0 heterocycles. The van der Waals surface area contributed by atoms with Crippen molar-refractivity contribution >= 4 is 17.5 Å². The van der Waals surface area contributed by atoms with Gasteiger partial charge in [-0.3, -0.25) is 9.59 Å². The molecule has 0 atom stereocenters. The molecule has 2 rings (SSSR count). The Morgan fingerprint density at radius 2 is 1.88 bits per heavy atom. The lowest BCUT2D eigenvalue weighted by atomic mass is 9.83. The molecule has 1 saturated carbocycles. The molecule has 1 aliphatic rings. The van der Waals surface area contributed by atoms with Gasteiger partial charge in [0.25, 0.3) is 0 Å². The predicted molar refractivity (Wildman–Crippen MR) is 93.2 cm³/mol. The van der Waals surface area contributed by atoms with Crippen LogP contribution in [0.15, 0.2) is 18.2 Å². The molecule has 0 radical (unpaired) electrons. The van der Waals surface area contributed by atoms with Gasteiger partial charge < -0.3 is 10.6 Å². The van der Waals surface area contributed by atoms with E-state index in [9.17, 15) is 14.0 Å². The minimum Gasteiger partial charge on any atom is -0.345 e. The molecule has 0 saturated heterocycles. The van der Waals surface area contributed by atoms with Crippen LogP contribution in [0.2, 0.25) is 0 Å². The van der Waals surface area contributed by atoms with Crippen LogP contribution in [-0.4, -0.2) is 17.9 Å². The fourth-order valence-electron chi connectivity index (χ4n) is 3.24. The molecular formula is C19H27FN2O2. The third-order valence-electron chi connectivity index (χ3n) is 4.73. The Morgan fingerprint density at radius 1 is 1.17 bits per heavy atom. The normalized spacial score (nSPS) is 20.5. The maximum absolute atomic E-state index is 13.7. The molecule has 132 valence electrons. The van der Waals surface area contributed by atoms with Crippen molar-refractivity contribution in [2.75, 3.05) is 5.32 Å². The fourth-order valence-corrected chi connectivity index (χ4v) is 3.24. The summed E-state index contributed by atoms with van der Waals surface area (Å²) in [5.74, 6) is -1.29. The lowest BCUT2D eigenvalue weighted by molar-refractivity contribution is -0.136. The number of nitrogens with one attached hydrogen (secondary N) is 2. The Bertz CT molecular complexity index is 581. The quantitative estimate of drug-likeness (QED) is 0.801. The van der Waals surface area contributed by atoms with Crippen molar-refractivity contribution in [2.24, 2.45) is 5.92 Å². The van der Waals surface area contributed by atoms with Crippen molar-refractivity contribution in [1.82, 2.24) is 5.32 Å². The van der Waals surface area contributed by atoms with Crippen LogP contribution in [0.4, 0.5) is 10.1 Å². The molecule has 0 aromatic heterocycles. The third kappa shape index (κ3) is 5.32. The van der Waals surface area contributed by atoms with Gasteiger partial charge in [-0.05, 0) is 56.2 Å². The number of anilines is 1. The Hall–Kier alpha value is -1.91. The number of hydrogen-bond acceptors (Lipinski definition) is 2. The zero-order valence-electron chi connectivity index (χ0n) is 14.5. The van der Waals surface area contributed by atoms with Gasteiger partial charge in [-0.1, -0.05) is 32.3 Å². The van der Waals surface area contributed by atoms with E-state index in [1.54, 1.807) is 13.0 Å². The summed E-state index contributed by atoms with van der Waals surface area (Å²) in [4.78, 5) is 23.9. The highest BCUT2D eigenvalue weighted by Crippen LogP contribution is 2.28. The predicted octanol–water partition coefficient (Wildman–Crippen LogP) is 3.94. The van der Waals surface area contributed by atoms with E-state index in [0.29, 0.717) is 0 Å². The molecule has 1 aromatic rings. The van der Waals surface area contributed by atoms with Crippen molar-refractivity contribution in [3.63, 3.8) is 0 Å². The summed E-state index contributed by atoms with van der Waals surface area (Å²) in [5, 5.41) is 5.11. The first kappa shape index (κ1) is 18.4. The van der Waals surface area contributed by atoms with Crippen LogP contribution in [0.3, 0.4) is 0 Å². The topological polar surface area (TPSA) is 58.2 Å². The van der Waals surface area contributed by atoms with Crippen molar-refractivity contribution < 1.29 is 14.0 Å². The standard InChI is InChI=1S/C19H27FN2O2/c1-3-4-5-14-7-9-15(10-8-14)21-18(23)19(24)22-17-11-6-13(2)12-16(17)20/h6,11-12,14-15H,3-5,7-10H2,1-2H3,(H,21,23)(H,22,24). The first-order valence-electron chi connectivity index (χ1n) is 8.87. The molecule has 0 aliphatic heterocycles. The molecule has 1 aromatic carbocycles. The van der Waals surface area contributed by atoms with E-state index in [4.69, 9.17) is 0 Å². The highest BCUT2D eigenvalue weighted by Gasteiger charge is 2.24. The van der Waals surface area contributed by atoms with E-state index in [1.165, 1.54) is 31.4 Å². The van der Waals surface area contributed by atoms with Gasteiger partial charge in [0.05, 0.1) is 5.69 Å². The smallest absolute Gasteiger partial charge is 0.313 e. The number of carbonyl (C=O) groups excluding carboxylic acids is 2. The Morgan fingerprint density at radius 3 is 2.50 bits per heavy atom. The Labute approximate surface area is 143 Å². The highest BCUT2D eigenvalue weighted by molar-refractivity contribution is 6.39. The van der Waals surface area contributed by atoms with Crippen LogP contribution in [0.5, 0.6) is 0 Å². The number of hydrogen-bond donors (Lipinski definition) is 2. The first-order valence-corrected chi connectivity index (χ1v) is 8.87. The second kappa shape index (κ2) is 8.81. The van der Waals surface area contributed by atoms with Gasteiger partial charge in [-0.2, -0.15) is 0 Å². The van der Waals surface area contributed by atoms with E-state index in [1.807, 2.05) is 0 Å². The van der Waals surface area contributed by atoms with Crippen LogP contribution in [0.25, 0.3) is 0 Å². The van der Waals surface area contributed by atoms with E-state index >= 15 is 0 Å². The Balaban J connectivity index is 1.79. The summed E-state index contributed by atoms with van der Waals surface area (Å²) < 4.78 is 13.7. The molecule has 0 unspecified atom stereocenters. The number of halogens is 1. The summed E-state index contributed by atoms with van der Waals surface area (Å²) in [6, 6.07) is 4.53. The monoisotopic (exact) mass is 334 g/mol. The maximum Gasteiger partial charge on any atom is 0.313 e. The van der Waals surface area contributed by atoms with Crippen LogP contribution >= 0.6 is 0 Å². The number of rotatable bonds is 5. The average Bonchev–Trinajstić information content (AvgIpc) is 2.56. The van der Waals surface area contributed by atoms with Crippen LogP contribution < -0.4 is 10.6 Å². The van der Waals surface area contributed by atoms with E-state index in [0.717, 1.165) is 37.2 Å². The van der Waals surface area contributed by atoms with Gasteiger partial charge >= 0.3 is 11.8 Å². The van der Waals surface area contributed by atoms with Gasteiger partial charge in [-0.25, -0.2) is 4.39 Å². The van der Waals surface area contributed by atoms with E-state index < -0.39 is 17.6 Å². The number of unbranched alkanes of at least 4 members (excludes halogenated alkanes) is 1. The summed E-state index contributed by atoms with van der Waals surface area (Å²) in [6.45, 7) is 3.96. The largest absolute Gasteiger partial charge is 0.345 e. The summed E-state index contributed by atoms with van der Waals surface area (Å²) in [6.07, 6.45) is 7.74. The average molecular weight is 334 g/mol. The lowest BCUT2D eigenvalue weighted by Gasteiger charge is -2.28.